The van der Waals surface area contributed by atoms with Crippen LogP contribution in [0.4, 0.5) is 11.6 Å². The fourth-order valence-corrected chi connectivity index (χ4v) is 5.92. The standard InChI is InChI=1S/C26H42N6O2Si/c1-25(2,3)32-23(28-24-22-15-19(17-33-7)29-31(22)13-12-27-24)16-21(30-32)18-10-11-20(14-18)34-35(8,9)26(4,5)6/h12-13,15-16,18,20H,10-11,14,17H2,1-9H3,(H,27,28)/t18-,20+/m0/s1. The number of methoxy groups -OCH3 is 1. The van der Waals surface area contributed by atoms with E-state index in [0.29, 0.717) is 18.6 Å². The van der Waals surface area contributed by atoms with Crippen LogP contribution in [0.25, 0.3) is 5.52 Å². The minimum Gasteiger partial charge on any atom is -0.414 e. The van der Waals surface area contributed by atoms with Crippen molar-refractivity contribution in [3.8, 4) is 0 Å². The predicted molar refractivity (Wildman–Crippen MR) is 143 cm³/mol. The molecule has 3 aromatic heterocycles. The Bertz CT molecular complexity index is 1170. The highest BCUT2D eigenvalue weighted by molar-refractivity contribution is 6.74. The molecule has 0 bridgehead atoms. The van der Waals surface area contributed by atoms with Crippen LogP contribution in [-0.2, 0) is 21.3 Å². The first kappa shape index (κ1) is 25.8. The van der Waals surface area contributed by atoms with Gasteiger partial charge in [-0.3, -0.25) is 0 Å². The van der Waals surface area contributed by atoms with Gasteiger partial charge in [0.1, 0.15) is 11.3 Å². The number of anilines is 2. The highest BCUT2D eigenvalue weighted by Crippen LogP contribution is 2.43. The van der Waals surface area contributed by atoms with Crippen LogP contribution in [0.2, 0.25) is 18.1 Å². The zero-order valence-corrected chi connectivity index (χ0v) is 23.8. The fourth-order valence-electron chi connectivity index (χ4n) is 4.52. The highest BCUT2D eigenvalue weighted by Gasteiger charge is 2.41. The SMILES string of the molecule is COCc1cc2c(Nc3cc([C@H]4CC[C@@H](O[Si](C)(C)C(C)(C)C)C4)nn3C(C)(C)C)nccn2n1. The molecule has 2 atom stereocenters. The molecule has 0 amide bonds. The van der Waals surface area contributed by atoms with Crippen LogP contribution in [0.1, 0.15) is 78.1 Å². The van der Waals surface area contributed by atoms with Crippen molar-refractivity contribution in [1.82, 2.24) is 24.4 Å². The molecule has 3 aromatic rings. The third-order valence-corrected chi connectivity index (χ3v) is 11.9. The minimum atomic E-state index is -1.78. The quantitative estimate of drug-likeness (QED) is 0.389. The lowest BCUT2D eigenvalue weighted by atomic mass is 10.0. The summed E-state index contributed by atoms with van der Waals surface area (Å²) in [5.41, 5.74) is 2.73. The van der Waals surface area contributed by atoms with E-state index in [1.165, 1.54) is 0 Å². The largest absolute Gasteiger partial charge is 0.414 e. The number of rotatable bonds is 7. The van der Waals surface area contributed by atoms with Gasteiger partial charge in [0.15, 0.2) is 14.1 Å². The van der Waals surface area contributed by atoms with Gasteiger partial charge in [0.25, 0.3) is 0 Å². The van der Waals surface area contributed by atoms with Crippen molar-refractivity contribution in [2.45, 2.75) is 103 Å². The average Bonchev–Trinajstić information content (AvgIpc) is 3.45. The number of nitrogens with zero attached hydrogens (tertiary/aromatic N) is 5. The van der Waals surface area contributed by atoms with Gasteiger partial charge in [-0.15, -0.1) is 0 Å². The molecule has 3 heterocycles. The molecule has 1 saturated carbocycles. The molecule has 0 unspecified atom stereocenters. The maximum Gasteiger partial charge on any atom is 0.192 e. The zero-order valence-electron chi connectivity index (χ0n) is 22.8. The van der Waals surface area contributed by atoms with E-state index in [1.54, 1.807) is 13.3 Å². The number of nitrogens with one attached hydrogen (secondary N) is 1. The van der Waals surface area contributed by atoms with Gasteiger partial charge in [0.05, 0.1) is 23.5 Å². The summed E-state index contributed by atoms with van der Waals surface area (Å²) in [4.78, 5) is 4.61. The number of fused-ring (bicyclic) bond motifs is 1. The van der Waals surface area contributed by atoms with Gasteiger partial charge >= 0.3 is 0 Å². The van der Waals surface area contributed by atoms with Crippen molar-refractivity contribution >= 4 is 25.5 Å². The van der Waals surface area contributed by atoms with Gasteiger partial charge in [-0.25, -0.2) is 14.2 Å². The van der Waals surface area contributed by atoms with E-state index in [-0.39, 0.29) is 10.6 Å². The molecule has 0 aromatic carbocycles. The first-order valence-corrected chi connectivity index (χ1v) is 15.6. The Hall–Kier alpha value is -2.23. The van der Waals surface area contributed by atoms with Crippen LogP contribution in [-0.4, -0.2) is 45.9 Å². The number of aromatic nitrogens is 5. The average molecular weight is 499 g/mol. The lowest BCUT2D eigenvalue weighted by Gasteiger charge is -2.38. The number of ether oxygens (including phenoxy) is 1. The van der Waals surface area contributed by atoms with Crippen molar-refractivity contribution in [3.63, 3.8) is 0 Å². The summed E-state index contributed by atoms with van der Waals surface area (Å²) >= 11 is 0. The number of hydrogen-bond donors (Lipinski definition) is 1. The molecule has 1 fully saturated rings. The molecule has 0 spiro atoms. The molecule has 192 valence electrons. The third kappa shape index (κ3) is 5.47. The lowest BCUT2D eigenvalue weighted by molar-refractivity contribution is 0.181. The maximum atomic E-state index is 6.74. The van der Waals surface area contributed by atoms with E-state index in [9.17, 15) is 0 Å². The molecule has 8 nitrogen and oxygen atoms in total. The maximum absolute atomic E-state index is 6.74. The van der Waals surface area contributed by atoms with E-state index in [1.807, 2.05) is 16.8 Å². The van der Waals surface area contributed by atoms with E-state index in [4.69, 9.17) is 14.3 Å². The third-order valence-electron chi connectivity index (χ3n) is 7.41. The highest BCUT2D eigenvalue weighted by atomic mass is 28.4. The number of hydrogen-bond acceptors (Lipinski definition) is 6. The Morgan fingerprint density at radius 2 is 1.83 bits per heavy atom. The van der Waals surface area contributed by atoms with Crippen LogP contribution in [0, 0.1) is 0 Å². The van der Waals surface area contributed by atoms with Gasteiger partial charge < -0.3 is 14.5 Å². The molecule has 1 N–H and O–H groups in total. The summed E-state index contributed by atoms with van der Waals surface area (Å²) in [5.74, 6) is 2.10. The van der Waals surface area contributed by atoms with Gasteiger partial charge in [0.2, 0.25) is 0 Å². The second-order valence-electron chi connectivity index (χ2n) is 12.3. The second kappa shape index (κ2) is 9.33. The molecule has 0 saturated heterocycles. The Kier molecular flexibility index (Phi) is 6.89. The Labute approximate surface area is 210 Å². The van der Waals surface area contributed by atoms with Gasteiger partial charge in [-0.2, -0.15) is 10.2 Å². The van der Waals surface area contributed by atoms with Crippen molar-refractivity contribution in [3.05, 3.63) is 35.9 Å². The predicted octanol–water partition coefficient (Wildman–Crippen LogP) is 6.23. The Morgan fingerprint density at radius 3 is 2.49 bits per heavy atom. The molecular weight excluding hydrogens is 456 g/mol. The van der Waals surface area contributed by atoms with Crippen molar-refractivity contribution in [2.24, 2.45) is 0 Å². The summed E-state index contributed by atoms with van der Waals surface area (Å²) in [6, 6.07) is 4.21. The molecule has 1 aliphatic rings. The van der Waals surface area contributed by atoms with Crippen molar-refractivity contribution in [2.75, 3.05) is 12.4 Å². The molecule has 0 radical (unpaired) electrons. The Morgan fingerprint density at radius 1 is 1.09 bits per heavy atom. The van der Waals surface area contributed by atoms with E-state index in [2.05, 4.69) is 80.8 Å². The fraction of sp³-hybridized carbons (Fsp3) is 0.654. The zero-order chi connectivity index (χ0) is 25.6. The van der Waals surface area contributed by atoms with Gasteiger partial charge in [-0.1, -0.05) is 20.8 Å². The first-order valence-electron chi connectivity index (χ1n) is 12.7. The first-order chi connectivity index (χ1) is 16.3. The van der Waals surface area contributed by atoms with Gasteiger partial charge in [-0.05, 0) is 64.2 Å². The summed E-state index contributed by atoms with van der Waals surface area (Å²) in [7, 11) is -0.104. The summed E-state index contributed by atoms with van der Waals surface area (Å²) < 4.78 is 15.9. The van der Waals surface area contributed by atoms with Crippen LogP contribution in [0.5, 0.6) is 0 Å². The molecular formula is C26H42N6O2Si. The normalized spacial score (nSPS) is 19.6. The molecule has 1 aliphatic carbocycles. The summed E-state index contributed by atoms with van der Waals surface area (Å²) in [6.07, 6.45) is 7.17. The van der Waals surface area contributed by atoms with Crippen molar-refractivity contribution < 1.29 is 9.16 Å². The minimum absolute atomic E-state index is 0.178. The van der Waals surface area contributed by atoms with Crippen LogP contribution in [0.15, 0.2) is 24.5 Å². The van der Waals surface area contributed by atoms with Crippen molar-refractivity contribution in [1.29, 1.82) is 0 Å². The summed E-state index contributed by atoms with van der Waals surface area (Å²) in [6.45, 7) is 18.6. The molecule has 0 aliphatic heterocycles. The van der Waals surface area contributed by atoms with Crippen LogP contribution in [0.3, 0.4) is 0 Å². The van der Waals surface area contributed by atoms with Crippen LogP contribution >= 0.6 is 0 Å². The summed E-state index contributed by atoms with van der Waals surface area (Å²) in [5, 5.41) is 13.4. The molecule has 4 rings (SSSR count). The van der Waals surface area contributed by atoms with Crippen LogP contribution < -0.4 is 5.32 Å². The molecule has 35 heavy (non-hydrogen) atoms. The van der Waals surface area contributed by atoms with E-state index < -0.39 is 8.32 Å². The van der Waals surface area contributed by atoms with E-state index in [0.717, 1.165) is 47.8 Å². The lowest BCUT2D eigenvalue weighted by Crippen LogP contribution is -2.43. The van der Waals surface area contributed by atoms with Gasteiger partial charge in [0, 0.05) is 37.6 Å². The monoisotopic (exact) mass is 498 g/mol. The smallest absolute Gasteiger partial charge is 0.192 e. The molecule has 9 heteroatoms. The van der Waals surface area contributed by atoms with E-state index >= 15 is 0 Å². The topological polar surface area (TPSA) is 78.5 Å². The Balaban J connectivity index is 1.59. The second-order valence-corrected chi connectivity index (χ2v) is 17.1.